The molecule has 2 fully saturated rings. The number of hydrogen-bond acceptors (Lipinski definition) is 3. The molecule has 0 amide bonds. The molecule has 15 heavy (non-hydrogen) atoms. The fourth-order valence-electron chi connectivity index (χ4n) is 2.85. The predicted molar refractivity (Wildman–Crippen MR) is 56.5 cm³/mol. The second-order valence-electron chi connectivity index (χ2n) is 4.55. The fraction of sp³-hybridized carbons (Fsp3) is 0.917. The van der Waals surface area contributed by atoms with Crippen LogP contribution in [0.1, 0.15) is 44.9 Å². The van der Waals surface area contributed by atoms with Crippen LogP contribution < -0.4 is 0 Å². The van der Waals surface area contributed by atoms with Crippen molar-refractivity contribution in [1.29, 1.82) is 0 Å². The van der Waals surface area contributed by atoms with Gasteiger partial charge in [-0.1, -0.05) is 6.42 Å². The Balaban J connectivity index is 1.90. The summed E-state index contributed by atoms with van der Waals surface area (Å²) in [5.74, 6) is 0.231. The van der Waals surface area contributed by atoms with Crippen molar-refractivity contribution < 1.29 is 14.3 Å². The van der Waals surface area contributed by atoms with Gasteiger partial charge in [0.15, 0.2) is 5.79 Å². The molecule has 3 nitrogen and oxygen atoms in total. The van der Waals surface area contributed by atoms with Gasteiger partial charge in [-0.2, -0.15) is 0 Å². The van der Waals surface area contributed by atoms with E-state index in [0.29, 0.717) is 12.3 Å². The molecular formula is C12H20O3. The Bertz CT molecular complexity index is 209. The molecule has 1 aliphatic heterocycles. The molecule has 1 heterocycles. The quantitative estimate of drug-likeness (QED) is 0.530. The van der Waals surface area contributed by atoms with Gasteiger partial charge in [0.25, 0.3) is 0 Å². The summed E-state index contributed by atoms with van der Waals surface area (Å²) < 4.78 is 11.6. The zero-order chi connectivity index (χ0) is 10.6. The van der Waals surface area contributed by atoms with Crippen molar-refractivity contribution in [2.75, 3.05) is 13.2 Å². The molecule has 86 valence electrons. The van der Waals surface area contributed by atoms with Crippen LogP contribution in [-0.2, 0) is 14.3 Å². The van der Waals surface area contributed by atoms with Crippen LogP contribution in [0, 0.1) is 5.92 Å². The number of rotatable bonds is 4. The number of unbranched alkanes of at least 4 members (excludes halogenated alkanes) is 1. The molecule has 0 bridgehead atoms. The van der Waals surface area contributed by atoms with E-state index in [1.54, 1.807) is 0 Å². The number of aldehydes is 1. The molecule has 2 aliphatic rings. The van der Waals surface area contributed by atoms with Crippen molar-refractivity contribution in [3.8, 4) is 0 Å². The Hall–Kier alpha value is -0.410. The lowest BCUT2D eigenvalue weighted by molar-refractivity contribution is -0.214. The van der Waals surface area contributed by atoms with Gasteiger partial charge in [0, 0.05) is 18.8 Å². The molecule has 1 saturated heterocycles. The molecule has 2 rings (SSSR count). The summed E-state index contributed by atoms with van der Waals surface area (Å²) >= 11 is 0. The first kappa shape index (κ1) is 11.1. The van der Waals surface area contributed by atoms with Crippen LogP contribution in [0.15, 0.2) is 0 Å². The molecular weight excluding hydrogens is 192 g/mol. The first-order chi connectivity index (χ1) is 7.37. The highest BCUT2D eigenvalue weighted by Gasteiger charge is 2.45. The minimum absolute atomic E-state index is 0.277. The van der Waals surface area contributed by atoms with E-state index in [2.05, 4.69) is 0 Å². The maximum atomic E-state index is 10.3. The Labute approximate surface area is 91.1 Å². The molecule has 1 unspecified atom stereocenters. The topological polar surface area (TPSA) is 35.5 Å². The van der Waals surface area contributed by atoms with Crippen molar-refractivity contribution in [2.45, 2.75) is 50.7 Å². The summed E-state index contributed by atoms with van der Waals surface area (Å²) in [6.45, 7) is 1.48. The lowest BCUT2D eigenvalue weighted by Gasteiger charge is -2.39. The molecule has 1 atom stereocenters. The van der Waals surface area contributed by atoms with Crippen LogP contribution in [0.3, 0.4) is 0 Å². The van der Waals surface area contributed by atoms with Crippen LogP contribution in [0.4, 0.5) is 0 Å². The molecule has 1 saturated carbocycles. The lowest BCUT2D eigenvalue weighted by Crippen LogP contribution is -2.41. The smallest absolute Gasteiger partial charge is 0.171 e. The van der Waals surface area contributed by atoms with E-state index in [1.807, 2.05) is 0 Å². The highest BCUT2D eigenvalue weighted by atomic mass is 16.7. The Kier molecular flexibility index (Phi) is 3.76. The third-order valence-electron chi connectivity index (χ3n) is 3.60. The van der Waals surface area contributed by atoms with Gasteiger partial charge in [0.05, 0.1) is 13.2 Å². The largest absolute Gasteiger partial charge is 0.347 e. The highest BCUT2D eigenvalue weighted by molar-refractivity contribution is 5.48. The van der Waals surface area contributed by atoms with Crippen molar-refractivity contribution in [3.05, 3.63) is 0 Å². The van der Waals surface area contributed by atoms with Crippen LogP contribution in [0.25, 0.3) is 0 Å². The average molecular weight is 212 g/mol. The van der Waals surface area contributed by atoms with Crippen molar-refractivity contribution >= 4 is 6.29 Å². The summed E-state index contributed by atoms with van der Waals surface area (Å²) in [6, 6.07) is 0. The number of carbonyl (C=O) groups excluding carboxylic acids is 1. The third-order valence-corrected chi connectivity index (χ3v) is 3.60. The molecule has 0 aromatic carbocycles. The minimum atomic E-state index is -0.277. The van der Waals surface area contributed by atoms with Gasteiger partial charge in [-0.15, -0.1) is 0 Å². The maximum absolute atomic E-state index is 10.3. The Morgan fingerprint density at radius 1 is 1.27 bits per heavy atom. The molecule has 3 heteroatoms. The molecule has 0 aromatic rings. The minimum Gasteiger partial charge on any atom is -0.347 e. The van der Waals surface area contributed by atoms with Crippen LogP contribution >= 0.6 is 0 Å². The SMILES string of the molecule is O=CCCCC1CCCCC12OCCO2. The molecule has 1 aliphatic carbocycles. The summed E-state index contributed by atoms with van der Waals surface area (Å²) in [7, 11) is 0. The van der Waals surface area contributed by atoms with Crippen LogP contribution in [0.2, 0.25) is 0 Å². The van der Waals surface area contributed by atoms with Gasteiger partial charge < -0.3 is 14.3 Å². The molecule has 0 radical (unpaired) electrons. The first-order valence-electron chi connectivity index (χ1n) is 6.09. The summed E-state index contributed by atoms with van der Waals surface area (Å²) in [4.78, 5) is 10.3. The second-order valence-corrected chi connectivity index (χ2v) is 4.55. The molecule has 0 N–H and O–H groups in total. The zero-order valence-corrected chi connectivity index (χ0v) is 9.24. The van der Waals surface area contributed by atoms with E-state index in [0.717, 1.165) is 38.8 Å². The monoisotopic (exact) mass is 212 g/mol. The first-order valence-corrected chi connectivity index (χ1v) is 6.09. The summed E-state index contributed by atoms with van der Waals surface area (Å²) in [5.41, 5.74) is 0. The molecule has 1 spiro atoms. The van der Waals surface area contributed by atoms with Crippen molar-refractivity contribution in [2.24, 2.45) is 5.92 Å². The highest BCUT2D eigenvalue weighted by Crippen LogP contribution is 2.42. The van der Waals surface area contributed by atoms with Gasteiger partial charge >= 0.3 is 0 Å². The van der Waals surface area contributed by atoms with Crippen molar-refractivity contribution in [1.82, 2.24) is 0 Å². The van der Waals surface area contributed by atoms with E-state index < -0.39 is 0 Å². The van der Waals surface area contributed by atoms with Gasteiger partial charge in [0.2, 0.25) is 0 Å². The maximum Gasteiger partial charge on any atom is 0.171 e. The second kappa shape index (κ2) is 5.08. The van der Waals surface area contributed by atoms with Gasteiger partial charge in [-0.3, -0.25) is 0 Å². The van der Waals surface area contributed by atoms with E-state index in [9.17, 15) is 4.79 Å². The van der Waals surface area contributed by atoms with E-state index in [1.165, 1.54) is 19.3 Å². The number of ether oxygens (including phenoxy) is 2. The van der Waals surface area contributed by atoms with E-state index in [-0.39, 0.29) is 5.79 Å². The normalized spacial score (nSPS) is 29.5. The van der Waals surface area contributed by atoms with Crippen LogP contribution in [0.5, 0.6) is 0 Å². The Morgan fingerprint density at radius 3 is 2.80 bits per heavy atom. The van der Waals surface area contributed by atoms with Crippen molar-refractivity contribution in [3.63, 3.8) is 0 Å². The Morgan fingerprint density at radius 2 is 2.07 bits per heavy atom. The number of carbonyl (C=O) groups is 1. The fourth-order valence-corrected chi connectivity index (χ4v) is 2.85. The third kappa shape index (κ3) is 2.40. The van der Waals surface area contributed by atoms with E-state index >= 15 is 0 Å². The number of hydrogen-bond donors (Lipinski definition) is 0. The lowest BCUT2D eigenvalue weighted by atomic mass is 9.80. The predicted octanol–water partition coefficient (Wildman–Crippen LogP) is 2.29. The van der Waals surface area contributed by atoms with Crippen LogP contribution in [-0.4, -0.2) is 25.3 Å². The zero-order valence-electron chi connectivity index (χ0n) is 9.24. The standard InChI is InChI=1S/C12H20O3/c13-8-4-2-6-11-5-1-3-7-12(11)14-9-10-15-12/h8,11H,1-7,9-10H2. The summed E-state index contributed by atoms with van der Waals surface area (Å²) in [5, 5.41) is 0. The van der Waals surface area contributed by atoms with Gasteiger partial charge in [0.1, 0.15) is 6.29 Å². The molecule has 0 aromatic heterocycles. The van der Waals surface area contributed by atoms with E-state index in [4.69, 9.17) is 9.47 Å². The average Bonchev–Trinajstić information content (AvgIpc) is 2.71. The van der Waals surface area contributed by atoms with Gasteiger partial charge in [-0.05, 0) is 25.7 Å². The van der Waals surface area contributed by atoms with Gasteiger partial charge in [-0.25, -0.2) is 0 Å². The summed E-state index contributed by atoms with van der Waals surface area (Å²) in [6.07, 6.45) is 8.45.